The first-order chi connectivity index (χ1) is 9.47. The van der Waals surface area contributed by atoms with Crippen LogP contribution in [0, 0.1) is 6.92 Å². The molecule has 0 saturated heterocycles. The van der Waals surface area contributed by atoms with Crippen molar-refractivity contribution in [1.29, 1.82) is 0 Å². The maximum atomic E-state index is 11.9. The summed E-state index contributed by atoms with van der Waals surface area (Å²) in [5, 5.41) is 11.5. The number of carboxylic acid groups (broad SMARTS) is 1. The van der Waals surface area contributed by atoms with Gasteiger partial charge < -0.3 is 15.2 Å². The van der Waals surface area contributed by atoms with E-state index in [2.05, 4.69) is 5.32 Å². The standard InChI is InChI=1S/C15H21NO4/c1-4-5-12(15(18)19)16-14(17)9-11-7-6-10(2)13(8-11)20-3/h6-8,12H,4-5,9H2,1-3H3,(H,16,17)(H,18,19)/t12-/m0/s1. The van der Waals surface area contributed by atoms with Gasteiger partial charge in [0.1, 0.15) is 11.8 Å². The molecule has 0 heterocycles. The zero-order valence-corrected chi connectivity index (χ0v) is 12.1. The first-order valence-electron chi connectivity index (χ1n) is 6.63. The van der Waals surface area contributed by atoms with E-state index in [9.17, 15) is 9.59 Å². The van der Waals surface area contributed by atoms with Gasteiger partial charge in [-0.3, -0.25) is 4.79 Å². The van der Waals surface area contributed by atoms with E-state index in [1.165, 1.54) is 0 Å². The second-order valence-electron chi connectivity index (χ2n) is 4.73. The van der Waals surface area contributed by atoms with Gasteiger partial charge in [0.2, 0.25) is 5.91 Å². The number of carbonyl (C=O) groups is 2. The normalized spacial score (nSPS) is 11.8. The molecule has 110 valence electrons. The van der Waals surface area contributed by atoms with E-state index in [0.29, 0.717) is 12.8 Å². The number of carboxylic acids is 1. The lowest BCUT2D eigenvalue weighted by molar-refractivity contribution is -0.141. The van der Waals surface area contributed by atoms with E-state index < -0.39 is 12.0 Å². The van der Waals surface area contributed by atoms with Crippen LogP contribution in [-0.2, 0) is 16.0 Å². The van der Waals surface area contributed by atoms with E-state index >= 15 is 0 Å². The van der Waals surface area contributed by atoms with E-state index in [0.717, 1.165) is 16.9 Å². The maximum Gasteiger partial charge on any atom is 0.326 e. The van der Waals surface area contributed by atoms with Gasteiger partial charge in [-0.1, -0.05) is 25.5 Å². The molecule has 0 aromatic heterocycles. The number of methoxy groups -OCH3 is 1. The lowest BCUT2D eigenvalue weighted by Gasteiger charge is -2.14. The Labute approximate surface area is 118 Å². The van der Waals surface area contributed by atoms with Gasteiger partial charge in [0.05, 0.1) is 13.5 Å². The van der Waals surface area contributed by atoms with Crippen LogP contribution >= 0.6 is 0 Å². The summed E-state index contributed by atoms with van der Waals surface area (Å²) >= 11 is 0. The zero-order valence-electron chi connectivity index (χ0n) is 12.1. The highest BCUT2D eigenvalue weighted by molar-refractivity contribution is 5.84. The Bertz CT molecular complexity index is 485. The Balaban J connectivity index is 2.68. The van der Waals surface area contributed by atoms with Gasteiger partial charge in [-0.05, 0) is 30.5 Å². The molecule has 0 radical (unpaired) electrons. The summed E-state index contributed by atoms with van der Waals surface area (Å²) in [6, 6.07) is 4.69. The van der Waals surface area contributed by atoms with Crippen molar-refractivity contribution in [2.75, 3.05) is 7.11 Å². The molecule has 5 heteroatoms. The first-order valence-corrected chi connectivity index (χ1v) is 6.63. The maximum absolute atomic E-state index is 11.9. The second kappa shape index (κ2) is 7.53. The van der Waals surface area contributed by atoms with E-state index in [1.54, 1.807) is 13.2 Å². The Morgan fingerprint density at radius 3 is 2.65 bits per heavy atom. The summed E-state index contributed by atoms with van der Waals surface area (Å²) in [7, 11) is 1.58. The van der Waals surface area contributed by atoms with Crippen molar-refractivity contribution < 1.29 is 19.4 Å². The van der Waals surface area contributed by atoms with Gasteiger partial charge in [-0.15, -0.1) is 0 Å². The third kappa shape index (κ3) is 4.57. The molecule has 1 aromatic rings. The summed E-state index contributed by atoms with van der Waals surface area (Å²) in [5.41, 5.74) is 1.79. The number of aliphatic carboxylic acids is 1. The number of nitrogens with one attached hydrogen (secondary N) is 1. The van der Waals surface area contributed by atoms with Crippen molar-refractivity contribution in [3.8, 4) is 5.75 Å². The molecule has 0 spiro atoms. The van der Waals surface area contributed by atoms with E-state index in [1.807, 2.05) is 26.0 Å². The number of hydrogen-bond acceptors (Lipinski definition) is 3. The molecule has 0 aliphatic carbocycles. The van der Waals surface area contributed by atoms with Crippen LogP contribution in [-0.4, -0.2) is 30.1 Å². The number of carbonyl (C=O) groups excluding carboxylic acids is 1. The van der Waals surface area contributed by atoms with Crippen molar-refractivity contribution in [2.24, 2.45) is 0 Å². The first kappa shape index (κ1) is 16.0. The quantitative estimate of drug-likeness (QED) is 0.799. The molecule has 2 N–H and O–H groups in total. The molecule has 1 aromatic carbocycles. The Morgan fingerprint density at radius 1 is 1.40 bits per heavy atom. The average Bonchev–Trinajstić information content (AvgIpc) is 2.40. The second-order valence-corrected chi connectivity index (χ2v) is 4.73. The van der Waals surface area contributed by atoms with Crippen molar-refractivity contribution >= 4 is 11.9 Å². The van der Waals surface area contributed by atoms with Gasteiger partial charge >= 0.3 is 5.97 Å². The number of ether oxygens (including phenoxy) is 1. The Kier molecular flexibility index (Phi) is 6.03. The fourth-order valence-corrected chi connectivity index (χ4v) is 1.95. The molecule has 0 saturated carbocycles. The van der Waals surface area contributed by atoms with Crippen molar-refractivity contribution in [1.82, 2.24) is 5.32 Å². The van der Waals surface area contributed by atoms with Crippen LogP contribution in [0.15, 0.2) is 18.2 Å². The van der Waals surface area contributed by atoms with Crippen LogP contribution in [0.4, 0.5) is 0 Å². The molecule has 0 aliphatic heterocycles. The van der Waals surface area contributed by atoms with E-state index in [-0.39, 0.29) is 12.3 Å². The molecule has 1 atom stereocenters. The molecule has 1 amide bonds. The average molecular weight is 279 g/mol. The molecular weight excluding hydrogens is 258 g/mol. The van der Waals surface area contributed by atoms with Crippen LogP contribution in [0.25, 0.3) is 0 Å². The van der Waals surface area contributed by atoms with Crippen LogP contribution < -0.4 is 10.1 Å². The lowest BCUT2D eigenvalue weighted by atomic mass is 10.1. The third-order valence-electron chi connectivity index (χ3n) is 3.05. The summed E-state index contributed by atoms with van der Waals surface area (Å²) in [6.45, 7) is 3.80. The number of aryl methyl sites for hydroxylation is 1. The summed E-state index contributed by atoms with van der Waals surface area (Å²) in [6.07, 6.45) is 1.28. The minimum absolute atomic E-state index is 0.143. The fourth-order valence-electron chi connectivity index (χ4n) is 1.95. The third-order valence-corrected chi connectivity index (χ3v) is 3.05. The topological polar surface area (TPSA) is 75.6 Å². The van der Waals surface area contributed by atoms with Gasteiger partial charge in [-0.25, -0.2) is 4.79 Å². The van der Waals surface area contributed by atoms with Gasteiger partial charge in [0.25, 0.3) is 0 Å². The molecule has 0 unspecified atom stereocenters. The smallest absolute Gasteiger partial charge is 0.326 e. The highest BCUT2D eigenvalue weighted by Gasteiger charge is 2.18. The van der Waals surface area contributed by atoms with Crippen LogP contribution in [0.2, 0.25) is 0 Å². The van der Waals surface area contributed by atoms with Gasteiger partial charge in [0.15, 0.2) is 0 Å². The minimum Gasteiger partial charge on any atom is -0.496 e. The molecule has 20 heavy (non-hydrogen) atoms. The molecule has 1 rings (SSSR count). The monoisotopic (exact) mass is 279 g/mol. The predicted octanol–water partition coefficient (Wildman–Crippen LogP) is 1.92. The molecule has 0 aliphatic rings. The summed E-state index contributed by atoms with van der Waals surface area (Å²) in [5.74, 6) is -0.572. The molecule has 5 nitrogen and oxygen atoms in total. The fraction of sp³-hybridized carbons (Fsp3) is 0.467. The van der Waals surface area contributed by atoms with Crippen molar-refractivity contribution in [3.63, 3.8) is 0 Å². The Hall–Kier alpha value is -2.04. The SMILES string of the molecule is CCC[C@H](NC(=O)Cc1ccc(C)c(OC)c1)C(=O)O. The summed E-state index contributed by atoms with van der Waals surface area (Å²) < 4.78 is 5.20. The van der Waals surface area contributed by atoms with Crippen LogP contribution in [0.1, 0.15) is 30.9 Å². The predicted molar refractivity (Wildman–Crippen MR) is 75.9 cm³/mol. The highest BCUT2D eigenvalue weighted by atomic mass is 16.5. The van der Waals surface area contributed by atoms with Gasteiger partial charge in [-0.2, -0.15) is 0 Å². The van der Waals surface area contributed by atoms with Crippen LogP contribution in [0.5, 0.6) is 5.75 Å². The largest absolute Gasteiger partial charge is 0.496 e. The summed E-state index contributed by atoms with van der Waals surface area (Å²) in [4.78, 5) is 22.9. The van der Waals surface area contributed by atoms with Gasteiger partial charge in [0, 0.05) is 0 Å². The van der Waals surface area contributed by atoms with Crippen LogP contribution in [0.3, 0.4) is 0 Å². The minimum atomic E-state index is -0.998. The molecule has 0 fully saturated rings. The van der Waals surface area contributed by atoms with Crippen molar-refractivity contribution in [2.45, 2.75) is 39.2 Å². The number of amides is 1. The number of hydrogen-bond donors (Lipinski definition) is 2. The molecular formula is C15H21NO4. The number of benzene rings is 1. The molecule has 0 bridgehead atoms. The Morgan fingerprint density at radius 2 is 2.10 bits per heavy atom. The van der Waals surface area contributed by atoms with Crippen molar-refractivity contribution in [3.05, 3.63) is 29.3 Å². The zero-order chi connectivity index (χ0) is 15.1. The lowest BCUT2D eigenvalue weighted by Crippen LogP contribution is -2.41. The highest BCUT2D eigenvalue weighted by Crippen LogP contribution is 2.19. The van der Waals surface area contributed by atoms with E-state index in [4.69, 9.17) is 9.84 Å². The number of rotatable bonds is 7.